The van der Waals surface area contributed by atoms with Crippen LogP contribution in [0.4, 0.5) is 0 Å². The topological polar surface area (TPSA) is 91.7 Å². The first-order chi connectivity index (χ1) is 14.6. The maximum atomic E-state index is 12.2. The van der Waals surface area contributed by atoms with Gasteiger partial charge in [-0.15, -0.1) is 0 Å². The van der Waals surface area contributed by atoms with Gasteiger partial charge < -0.3 is 14.7 Å². The van der Waals surface area contributed by atoms with Crippen molar-refractivity contribution < 1.29 is 28.5 Å². The van der Waals surface area contributed by atoms with Crippen LogP contribution < -0.4 is 0 Å². The van der Waals surface area contributed by atoms with Crippen molar-refractivity contribution in [1.29, 1.82) is 0 Å². The van der Waals surface area contributed by atoms with Crippen molar-refractivity contribution in [1.82, 2.24) is 0 Å². The van der Waals surface area contributed by atoms with Crippen molar-refractivity contribution in [3.8, 4) is 0 Å². The van der Waals surface area contributed by atoms with Gasteiger partial charge in [0.25, 0.3) is 0 Å². The second-order valence-electron chi connectivity index (χ2n) is 7.86. The number of carbonyl (C=O) groups is 2. The average Bonchev–Trinajstić information content (AvgIpc) is 2.73. The van der Waals surface area contributed by atoms with Gasteiger partial charge in [-0.05, 0) is 48.5 Å². The van der Waals surface area contributed by atoms with E-state index in [0.717, 1.165) is 11.0 Å². The van der Waals surface area contributed by atoms with Gasteiger partial charge in [0.15, 0.2) is 0 Å². The molecule has 31 heavy (non-hydrogen) atoms. The number of hydrogen-bond donors (Lipinski definition) is 2. The summed E-state index contributed by atoms with van der Waals surface area (Å²) in [6, 6.07) is 22.0. The number of benzene rings is 3. The largest absolute Gasteiger partial charge is 0.478 e. The highest BCUT2D eigenvalue weighted by Crippen LogP contribution is 2.18. The lowest BCUT2D eigenvalue weighted by molar-refractivity contribution is -0.884. The van der Waals surface area contributed by atoms with E-state index in [1.807, 2.05) is 0 Å². The Labute approximate surface area is 184 Å². The van der Waals surface area contributed by atoms with Crippen LogP contribution in [0.25, 0.3) is 0 Å². The van der Waals surface area contributed by atoms with E-state index < -0.39 is 22.7 Å². The normalized spacial score (nSPS) is 10.8. The van der Waals surface area contributed by atoms with Crippen LogP contribution in [0.15, 0.2) is 88.7 Å². The minimum atomic E-state index is -1.48. The van der Waals surface area contributed by atoms with Crippen LogP contribution in [0.3, 0.4) is 0 Å². The molecule has 3 aromatic rings. The summed E-state index contributed by atoms with van der Waals surface area (Å²) in [5.41, 5.74) is 1.64. The van der Waals surface area contributed by atoms with Gasteiger partial charge >= 0.3 is 11.9 Å². The zero-order chi connectivity index (χ0) is 23.0. The van der Waals surface area contributed by atoms with Gasteiger partial charge in [0, 0.05) is 15.4 Å². The Hall–Kier alpha value is -3.29. The lowest BCUT2D eigenvalue weighted by Gasteiger charge is -2.23. The lowest BCUT2D eigenvalue weighted by atomic mass is 10.2. The van der Waals surface area contributed by atoms with Crippen molar-refractivity contribution in [3.05, 3.63) is 95.6 Å². The third-order valence-corrected chi connectivity index (χ3v) is 5.53. The number of rotatable bonds is 6. The smallest absolute Gasteiger partial charge is 0.335 e. The van der Waals surface area contributed by atoms with Gasteiger partial charge in [0.05, 0.1) is 43.1 Å². The average molecular weight is 441 g/mol. The van der Waals surface area contributed by atoms with Crippen LogP contribution in [-0.2, 0) is 17.3 Å². The van der Waals surface area contributed by atoms with Gasteiger partial charge in [0.1, 0.15) is 6.54 Å². The van der Waals surface area contributed by atoms with E-state index in [1.165, 1.54) is 54.1 Å². The highest BCUT2D eigenvalue weighted by molar-refractivity contribution is 7.85. The summed E-state index contributed by atoms with van der Waals surface area (Å²) in [6.45, 7) is 1.10. The molecule has 0 spiro atoms. The molecule has 0 aliphatic rings. The molecule has 0 aliphatic heterocycles. The molecule has 162 valence electrons. The van der Waals surface area contributed by atoms with E-state index in [0.29, 0.717) is 9.79 Å². The van der Waals surface area contributed by atoms with Crippen LogP contribution in [0.5, 0.6) is 0 Å². The van der Waals surface area contributed by atoms with Crippen LogP contribution in [0.1, 0.15) is 26.3 Å². The standard InChI is InChI=1S/C14H10O5S.C10H16N/c15-13(16)9-1-5-11(6-2-9)20(19)12-7-3-10(4-8-12)14(17)18;1-11(2,3)9-10-7-5-4-6-8-10/h1-8H,(H,15,16)(H,17,18);4-8H,9H2,1-3H3/q;+1. The molecule has 2 N–H and O–H groups in total. The summed E-state index contributed by atoms with van der Waals surface area (Å²) in [7, 11) is 5.13. The molecule has 0 fully saturated rings. The zero-order valence-electron chi connectivity index (χ0n) is 17.7. The van der Waals surface area contributed by atoms with Crippen LogP contribution in [0.2, 0.25) is 0 Å². The maximum absolute atomic E-state index is 12.2. The fraction of sp³-hybridized carbons (Fsp3) is 0.167. The minimum Gasteiger partial charge on any atom is -0.478 e. The Morgan fingerprint density at radius 1 is 0.710 bits per heavy atom. The summed E-state index contributed by atoms with van der Waals surface area (Å²) in [5.74, 6) is -2.10. The predicted octanol–water partition coefficient (Wildman–Crippen LogP) is 4.14. The molecule has 3 aromatic carbocycles. The number of nitrogens with zero attached hydrogens (tertiary/aromatic N) is 1. The van der Waals surface area contributed by atoms with Gasteiger partial charge in [-0.2, -0.15) is 0 Å². The van der Waals surface area contributed by atoms with Gasteiger partial charge in [-0.1, -0.05) is 30.3 Å². The van der Waals surface area contributed by atoms with E-state index >= 15 is 0 Å². The molecule has 0 aliphatic carbocycles. The molecular formula is C24H26NO5S+. The fourth-order valence-electron chi connectivity index (χ4n) is 2.71. The minimum absolute atomic E-state index is 0.118. The maximum Gasteiger partial charge on any atom is 0.335 e. The molecule has 3 rings (SSSR count). The van der Waals surface area contributed by atoms with Crippen LogP contribution in [0, 0.1) is 0 Å². The summed E-state index contributed by atoms with van der Waals surface area (Å²) in [6.07, 6.45) is 0. The van der Waals surface area contributed by atoms with Crippen molar-refractivity contribution in [2.24, 2.45) is 0 Å². The molecule has 0 bridgehead atoms. The Morgan fingerprint density at radius 2 is 1.10 bits per heavy atom. The second-order valence-corrected chi connectivity index (χ2v) is 9.34. The first-order valence-electron chi connectivity index (χ1n) is 9.50. The second kappa shape index (κ2) is 10.7. The molecule has 0 heterocycles. The lowest BCUT2D eigenvalue weighted by Crippen LogP contribution is -2.33. The van der Waals surface area contributed by atoms with Gasteiger partial charge in [-0.3, -0.25) is 0 Å². The molecule has 0 unspecified atom stereocenters. The Bertz CT molecular complexity index is 981. The molecule has 0 aromatic heterocycles. The summed E-state index contributed by atoms with van der Waals surface area (Å²) in [5, 5.41) is 17.6. The van der Waals surface area contributed by atoms with E-state index in [1.54, 1.807) is 0 Å². The Kier molecular flexibility index (Phi) is 8.24. The van der Waals surface area contributed by atoms with E-state index in [2.05, 4.69) is 51.5 Å². The van der Waals surface area contributed by atoms with E-state index in [4.69, 9.17) is 10.2 Å². The molecule has 0 saturated heterocycles. The molecule has 6 nitrogen and oxygen atoms in total. The number of carboxylic acids is 2. The van der Waals surface area contributed by atoms with Crippen LogP contribution >= 0.6 is 0 Å². The summed E-state index contributed by atoms with van der Waals surface area (Å²) in [4.78, 5) is 22.4. The third kappa shape index (κ3) is 7.81. The van der Waals surface area contributed by atoms with Crippen molar-refractivity contribution in [2.45, 2.75) is 16.3 Å². The number of aromatic carboxylic acids is 2. The molecule has 0 radical (unpaired) electrons. The number of quaternary nitrogens is 1. The molecule has 0 atom stereocenters. The Balaban J connectivity index is 0.000000262. The number of carboxylic acid groups (broad SMARTS) is 2. The van der Waals surface area contributed by atoms with Crippen molar-refractivity contribution in [2.75, 3.05) is 21.1 Å². The monoisotopic (exact) mass is 440 g/mol. The first kappa shape index (κ1) is 24.0. The molecule has 7 heteroatoms. The Morgan fingerprint density at radius 3 is 1.42 bits per heavy atom. The molecule has 0 amide bonds. The predicted molar refractivity (Wildman–Crippen MR) is 120 cm³/mol. The van der Waals surface area contributed by atoms with Crippen LogP contribution in [-0.4, -0.2) is 52.0 Å². The highest BCUT2D eigenvalue weighted by atomic mass is 32.2. The highest BCUT2D eigenvalue weighted by Gasteiger charge is 2.10. The van der Waals surface area contributed by atoms with E-state index in [-0.39, 0.29) is 11.1 Å². The van der Waals surface area contributed by atoms with Gasteiger partial charge in [-0.25, -0.2) is 13.8 Å². The molecule has 0 saturated carbocycles. The van der Waals surface area contributed by atoms with Gasteiger partial charge in [0.2, 0.25) is 0 Å². The summed E-state index contributed by atoms with van der Waals surface area (Å²) < 4.78 is 13.2. The third-order valence-electron chi connectivity index (χ3n) is 4.13. The fourth-order valence-corrected chi connectivity index (χ4v) is 3.75. The summed E-state index contributed by atoms with van der Waals surface area (Å²) >= 11 is 0. The van der Waals surface area contributed by atoms with Crippen molar-refractivity contribution >= 4 is 22.7 Å². The SMILES string of the molecule is C[N+](C)(C)Cc1ccccc1.O=C(O)c1ccc(S(=O)c2ccc(C(=O)O)cc2)cc1. The first-order valence-corrected chi connectivity index (χ1v) is 10.6. The quantitative estimate of drug-likeness (QED) is 0.562. The molecular weight excluding hydrogens is 414 g/mol. The zero-order valence-corrected chi connectivity index (χ0v) is 18.5. The number of hydrogen-bond acceptors (Lipinski definition) is 3. The van der Waals surface area contributed by atoms with E-state index in [9.17, 15) is 13.8 Å². The van der Waals surface area contributed by atoms with Crippen molar-refractivity contribution in [3.63, 3.8) is 0 Å².